The van der Waals surface area contributed by atoms with Gasteiger partial charge in [0.1, 0.15) is 0 Å². The smallest absolute Gasteiger partial charge is 0.00975 e. The lowest BCUT2D eigenvalue weighted by atomic mass is 9.74. The zero-order valence-corrected chi connectivity index (χ0v) is 13.4. The van der Waals surface area contributed by atoms with Crippen molar-refractivity contribution >= 4 is 0 Å². The summed E-state index contributed by atoms with van der Waals surface area (Å²) < 4.78 is 0. The minimum absolute atomic E-state index is 1.05. The van der Waals surface area contributed by atoms with Crippen LogP contribution in [-0.4, -0.2) is 0 Å². The lowest BCUT2D eigenvalue weighted by molar-refractivity contribution is 0.279. The van der Waals surface area contributed by atoms with Crippen molar-refractivity contribution in [2.24, 2.45) is 53.3 Å². The third kappa shape index (κ3) is 1.26. The second-order valence-corrected chi connectivity index (χ2v) is 8.75. The summed E-state index contributed by atoms with van der Waals surface area (Å²) >= 11 is 0. The summed E-state index contributed by atoms with van der Waals surface area (Å²) in [7, 11) is 0. The molecule has 20 heavy (non-hydrogen) atoms. The van der Waals surface area contributed by atoms with E-state index < -0.39 is 0 Å². The molecule has 7 rings (SSSR count). The first-order chi connectivity index (χ1) is 9.76. The zero-order valence-electron chi connectivity index (χ0n) is 13.4. The average Bonchev–Trinajstić information content (AvgIpc) is 3.00. The van der Waals surface area contributed by atoms with Gasteiger partial charge in [0.05, 0.1) is 0 Å². The quantitative estimate of drug-likeness (QED) is 0.608. The molecule has 0 aliphatic heterocycles. The molecule has 0 heterocycles. The highest BCUT2D eigenvalue weighted by atomic mass is 14.7. The first kappa shape index (κ1) is 12.3. The van der Waals surface area contributed by atoms with Crippen molar-refractivity contribution in [3.63, 3.8) is 0 Å². The Hall–Kier alpha value is -0.260. The Morgan fingerprint density at radius 2 is 1.85 bits per heavy atom. The molecule has 4 bridgehead atoms. The fraction of sp³-hybridized carbons (Fsp3) is 0.900. The van der Waals surface area contributed by atoms with Crippen molar-refractivity contribution in [3.8, 4) is 0 Å². The van der Waals surface area contributed by atoms with E-state index in [-0.39, 0.29) is 0 Å². The molecule has 0 aromatic heterocycles. The maximum Gasteiger partial charge on any atom is -0.00975 e. The largest absolute Gasteiger partial charge is 0.0664 e. The Labute approximate surface area is 124 Å². The fourth-order valence-electron chi connectivity index (χ4n) is 7.70. The Morgan fingerprint density at radius 1 is 1.00 bits per heavy atom. The van der Waals surface area contributed by atoms with E-state index in [4.69, 9.17) is 0 Å². The molecular weight excluding hydrogens is 240 g/mol. The molecular formula is C20H30. The first-order valence-corrected chi connectivity index (χ1v) is 9.49. The number of fused-ring (bicyclic) bond motifs is 1. The van der Waals surface area contributed by atoms with E-state index >= 15 is 0 Å². The predicted molar refractivity (Wildman–Crippen MR) is 83.2 cm³/mol. The second kappa shape index (κ2) is 3.93. The molecule has 0 aromatic carbocycles. The number of rotatable bonds is 4. The summed E-state index contributed by atoms with van der Waals surface area (Å²) in [5, 5.41) is 0. The molecule has 0 radical (unpaired) electrons. The van der Waals surface area contributed by atoms with Crippen LogP contribution in [0.5, 0.6) is 0 Å². The minimum Gasteiger partial charge on any atom is -0.0664 e. The van der Waals surface area contributed by atoms with Gasteiger partial charge in [-0.25, -0.2) is 0 Å². The van der Waals surface area contributed by atoms with Crippen molar-refractivity contribution in [2.75, 3.05) is 0 Å². The Bertz CT molecular complexity index is 472. The van der Waals surface area contributed by atoms with Crippen LogP contribution in [0.4, 0.5) is 0 Å². The highest BCUT2D eigenvalue weighted by molar-refractivity contribution is 5.48. The van der Waals surface area contributed by atoms with Gasteiger partial charge in [0, 0.05) is 0 Å². The van der Waals surface area contributed by atoms with Gasteiger partial charge in [-0.05, 0) is 78.9 Å². The third-order valence-corrected chi connectivity index (χ3v) is 8.51. The molecule has 7 aliphatic rings. The van der Waals surface area contributed by atoms with E-state index in [0.29, 0.717) is 0 Å². The van der Waals surface area contributed by atoms with E-state index in [1.54, 1.807) is 19.3 Å². The van der Waals surface area contributed by atoms with Crippen LogP contribution in [0, 0.1) is 53.3 Å². The van der Waals surface area contributed by atoms with Crippen LogP contribution in [0.1, 0.15) is 59.3 Å². The monoisotopic (exact) mass is 270 g/mol. The van der Waals surface area contributed by atoms with Crippen LogP contribution < -0.4 is 0 Å². The molecule has 0 spiro atoms. The van der Waals surface area contributed by atoms with Gasteiger partial charge in [0.25, 0.3) is 0 Å². The van der Waals surface area contributed by atoms with Gasteiger partial charge in [-0.1, -0.05) is 44.8 Å². The standard InChI is InChI=1S/C20H30/c1-4-11-8-12(9-16-10(3)13(16)5-2)18-17(11)19-14-6-7-15(19)20(14)18/h10-14,16-19H,4-9H2,1-3H3/t10?,11?,12-,13?,14?,16?,17?,18?,19?/m0/s1. The maximum atomic E-state index is 2.52. The van der Waals surface area contributed by atoms with Crippen molar-refractivity contribution in [1.29, 1.82) is 0 Å². The molecule has 9 atom stereocenters. The normalized spacial score (nSPS) is 58.0. The molecule has 0 aromatic rings. The fourth-order valence-corrected chi connectivity index (χ4v) is 7.70. The lowest BCUT2D eigenvalue weighted by Gasteiger charge is -2.30. The van der Waals surface area contributed by atoms with Crippen LogP contribution in [-0.2, 0) is 0 Å². The molecule has 4 saturated carbocycles. The Morgan fingerprint density at radius 3 is 2.45 bits per heavy atom. The van der Waals surface area contributed by atoms with Crippen LogP contribution >= 0.6 is 0 Å². The minimum atomic E-state index is 1.05. The molecule has 110 valence electrons. The predicted octanol–water partition coefficient (Wildman–Crippen LogP) is 5.30. The van der Waals surface area contributed by atoms with Gasteiger partial charge in [-0.3, -0.25) is 0 Å². The van der Waals surface area contributed by atoms with Gasteiger partial charge in [-0.15, -0.1) is 0 Å². The lowest BCUT2D eigenvalue weighted by Crippen LogP contribution is -2.22. The molecule has 0 amide bonds. The molecule has 4 fully saturated rings. The number of allylic oxidation sites excluding steroid dienone is 2. The molecule has 0 saturated heterocycles. The van der Waals surface area contributed by atoms with E-state index in [1.807, 2.05) is 11.1 Å². The van der Waals surface area contributed by atoms with Gasteiger partial charge in [0.2, 0.25) is 0 Å². The topological polar surface area (TPSA) is 0 Å². The van der Waals surface area contributed by atoms with E-state index in [1.165, 1.54) is 19.3 Å². The summed E-state index contributed by atoms with van der Waals surface area (Å²) in [5.41, 5.74) is 4.03. The number of hydrogen-bond donors (Lipinski definition) is 0. The summed E-state index contributed by atoms with van der Waals surface area (Å²) in [5.74, 6) is 9.80. The van der Waals surface area contributed by atoms with Crippen LogP contribution in [0.25, 0.3) is 0 Å². The van der Waals surface area contributed by atoms with Crippen molar-refractivity contribution in [3.05, 3.63) is 11.1 Å². The van der Waals surface area contributed by atoms with Gasteiger partial charge in [0.15, 0.2) is 0 Å². The van der Waals surface area contributed by atoms with Crippen molar-refractivity contribution in [1.82, 2.24) is 0 Å². The van der Waals surface area contributed by atoms with Crippen molar-refractivity contribution in [2.45, 2.75) is 59.3 Å². The number of hydrogen-bond acceptors (Lipinski definition) is 0. The van der Waals surface area contributed by atoms with E-state index in [9.17, 15) is 0 Å². The summed E-state index contributed by atoms with van der Waals surface area (Å²) in [6, 6.07) is 0. The van der Waals surface area contributed by atoms with Crippen molar-refractivity contribution < 1.29 is 0 Å². The first-order valence-electron chi connectivity index (χ1n) is 9.49. The van der Waals surface area contributed by atoms with Crippen LogP contribution in [0.15, 0.2) is 11.1 Å². The second-order valence-electron chi connectivity index (χ2n) is 8.75. The molecule has 7 aliphatic carbocycles. The molecule has 0 nitrogen and oxygen atoms in total. The SMILES string of the molecule is CCC1C[C@@H](CC2C(C)C2CC)C2C3=C4CCC3C4C12. The summed E-state index contributed by atoms with van der Waals surface area (Å²) in [6.45, 7) is 7.39. The third-order valence-electron chi connectivity index (χ3n) is 8.51. The zero-order chi connectivity index (χ0) is 13.6. The van der Waals surface area contributed by atoms with E-state index in [2.05, 4.69) is 20.8 Å². The van der Waals surface area contributed by atoms with Crippen LogP contribution in [0.2, 0.25) is 0 Å². The summed E-state index contributed by atoms with van der Waals surface area (Å²) in [6.07, 6.45) is 9.11. The van der Waals surface area contributed by atoms with Crippen LogP contribution in [0.3, 0.4) is 0 Å². The van der Waals surface area contributed by atoms with E-state index in [0.717, 1.165) is 53.3 Å². The van der Waals surface area contributed by atoms with Gasteiger partial charge < -0.3 is 0 Å². The highest BCUT2D eigenvalue weighted by Crippen LogP contribution is 2.74. The maximum absolute atomic E-state index is 2.52. The van der Waals surface area contributed by atoms with Gasteiger partial charge in [-0.2, -0.15) is 0 Å². The highest BCUT2D eigenvalue weighted by Gasteiger charge is 2.66. The Balaban J connectivity index is 1.39. The molecule has 0 heteroatoms. The summed E-state index contributed by atoms with van der Waals surface area (Å²) in [4.78, 5) is 0. The van der Waals surface area contributed by atoms with Gasteiger partial charge >= 0.3 is 0 Å². The molecule has 0 N–H and O–H groups in total. The Kier molecular flexibility index (Phi) is 2.42. The molecule has 8 unspecified atom stereocenters. The average molecular weight is 270 g/mol.